The van der Waals surface area contributed by atoms with Crippen molar-refractivity contribution in [3.8, 4) is 0 Å². The van der Waals surface area contributed by atoms with E-state index in [1.807, 2.05) is 12.1 Å². The van der Waals surface area contributed by atoms with Gasteiger partial charge >= 0.3 is 0 Å². The van der Waals surface area contributed by atoms with E-state index in [-0.39, 0.29) is 18.4 Å². The highest BCUT2D eigenvalue weighted by Crippen LogP contribution is 2.16. The second-order valence-electron chi connectivity index (χ2n) is 2.80. The molecule has 0 aliphatic carbocycles. The van der Waals surface area contributed by atoms with Gasteiger partial charge in [-0.05, 0) is 24.3 Å². The fourth-order valence-corrected chi connectivity index (χ4v) is 1.16. The molecule has 0 amide bonds. The number of nitrogens with two attached hydrogens (primary N) is 1. The summed E-state index contributed by atoms with van der Waals surface area (Å²) in [5.74, 6) is 0.589. The highest BCUT2D eigenvalue weighted by atomic mass is 35.5. The Morgan fingerprint density at radius 1 is 1.12 bits per heavy atom. The Balaban J connectivity index is 0.00000128. The maximum atomic E-state index is 5.75. The Labute approximate surface area is 103 Å². The maximum Gasteiger partial charge on any atom is 0.231 e. The lowest BCUT2D eigenvalue weighted by molar-refractivity contribution is 1.07. The van der Waals surface area contributed by atoms with E-state index in [1.165, 1.54) is 6.33 Å². The number of aromatic nitrogens is 3. The molecule has 16 heavy (non-hydrogen) atoms. The van der Waals surface area contributed by atoms with Crippen molar-refractivity contribution < 1.29 is 0 Å². The van der Waals surface area contributed by atoms with Gasteiger partial charge in [0.25, 0.3) is 0 Å². The molecule has 0 aliphatic heterocycles. The number of nitrogens with zero attached hydrogens (tertiary/aromatic N) is 3. The standard InChI is InChI=1S/C9H8ClN5.ClH/c10-6-1-3-7(4-2-6)14-9-13-5-12-8(11)15-9;/h1-5H,(H3,11,12,13,14,15);1H. The summed E-state index contributed by atoms with van der Waals surface area (Å²) in [5, 5.41) is 3.65. The monoisotopic (exact) mass is 257 g/mol. The Bertz CT molecular complexity index is 460. The van der Waals surface area contributed by atoms with Crippen LogP contribution in [0.5, 0.6) is 0 Å². The first-order chi connectivity index (χ1) is 7.24. The number of rotatable bonds is 2. The Morgan fingerprint density at radius 2 is 1.81 bits per heavy atom. The number of halogens is 2. The molecule has 0 unspecified atom stereocenters. The Kier molecular flexibility index (Phi) is 4.28. The van der Waals surface area contributed by atoms with Crippen LogP contribution in [0.3, 0.4) is 0 Å². The van der Waals surface area contributed by atoms with Gasteiger partial charge < -0.3 is 11.1 Å². The van der Waals surface area contributed by atoms with Gasteiger partial charge in [-0.1, -0.05) is 11.6 Å². The number of nitrogen functional groups attached to an aromatic ring is 1. The topological polar surface area (TPSA) is 76.7 Å². The van der Waals surface area contributed by atoms with Crippen LogP contribution < -0.4 is 11.1 Å². The van der Waals surface area contributed by atoms with E-state index in [1.54, 1.807) is 12.1 Å². The van der Waals surface area contributed by atoms with Crippen LogP contribution in [0, 0.1) is 0 Å². The van der Waals surface area contributed by atoms with Crippen LogP contribution in [0.1, 0.15) is 0 Å². The molecular formula is C9H9Cl2N5. The van der Waals surface area contributed by atoms with Crippen molar-refractivity contribution in [2.45, 2.75) is 0 Å². The van der Waals surface area contributed by atoms with E-state index < -0.39 is 0 Å². The highest BCUT2D eigenvalue weighted by molar-refractivity contribution is 6.30. The van der Waals surface area contributed by atoms with E-state index in [2.05, 4.69) is 20.3 Å². The van der Waals surface area contributed by atoms with Gasteiger partial charge in [-0.2, -0.15) is 4.98 Å². The van der Waals surface area contributed by atoms with Crippen molar-refractivity contribution >= 4 is 41.6 Å². The van der Waals surface area contributed by atoms with Crippen molar-refractivity contribution in [1.29, 1.82) is 0 Å². The third-order valence-corrected chi connectivity index (χ3v) is 1.94. The smallest absolute Gasteiger partial charge is 0.231 e. The van der Waals surface area contributed by atoms with Crippen molar-refractivity contribution in [2.24, 2.45) is 0 Å². The molecule has 1 aromatic heterocycles. The molecule has 3 N–H and O–H groups in total. The Morgan fingerprint density at radius 3 is 2.44 bits per heavy atom. The fraction of sp³-hybridized carbons (Fsp3) is 0. The molecule has 5 nitrogen and oxygen atoms in total. The second kappa shape index (κ2) is 5.48. The number of hydrogen-bond donors (Lipinski definition) is 2. The van der Waals surface area contributed by atoms with Gasteiger partial charge in [0, 0.05) is 10.7 Å². The summed E-state index contributed by atoms with van der Waals surface area (Å²) in [6, 6.07) is 7.19. The molecule has 7 heteroatoms. The van der Waals surface area contributed by atoms with Crippen LogP contribution in [-0.2, 0) is 0 Å². The van der Waals surface area contributed by atoms with E-state index in [0.29, 0.717) is 11.0 Å². The number of benzene rings is 1. The second-order valence-corrected chi connectivity index (χ2v) is 3.24. The van der Waals surface area contributed by atoms with Crippen LogP contribution in [0.4, 0.5) is 17.6 Å². The minimum absolute atomic E-state index is 0. The van der Waals surface area contributed by atoms with Crippen LogP contribution in [0.2, 0.25) is 5.02 Å². The number of hydrogen-bond acceptors (Lipinski definition) is 5. The zero-order chi connectivity index (χ0) is 10.7. The Hall–Kier alpha value is -1.59. The third-order valence-electron chi connectivity index (χ3n) is 1.69. The SMILES string of the molecule is Cl.Nc1ncnc(Nc2ccc(Cl)cc2)n1. The molecule has 0 saturated heterocycles. The first-order valence-electron chi connectivity index (χ1n) is 4.21. The summed E-state index contributed by atoms with van der Waals surface area (Å²) in [6.45, 7) is 0. The lowest BCUT2D eigenvalue weighted by atomic mass is 10.3. The summed E-state index contributed by atoms with van der Waals surface area (Å²) in [5.41, 5.74) is 6.25. The molecule has 2 rings (SSSR count). The van der Waals surface area contributed by atoms with Crippen LogP contribution >= 0.6 is 24.0 Å². The lowest BCUT2D eigenvalue weighted by Gasteiger charge is -2.03. The zero-order valence-electron chi connectivity index (χ0n) is 8.09. The van der Waals surface area contributed by atoms with E-state index in [4.69, 9.17) is 17.3 Å². The first-order valence-corrected chi connectivity index (χ1v) is 4.59. The number of nitrogens with one attached hydrogen (secondary N) is 1. The average molecular weight is 258 g/mol. The summed E-state index contributed by atoms with van der Waals surface area (Å²) in [6.07, 6.45) is 1.35. The normalized spacial score (nSPS) is 9.31. The highest BCUT2D eigenvalue weighted by Gasteiger charge is 1.98. The summed E-state index contributed by atoms with van der Waals surface area (Å²) in [4.78, 5) is 11.5. The molecule has 0 atom stereocenters. The van der Waals surface area contributed by atoms with Gasteiger partial charge in [0.15, 0.2) is 0 Å². The van der Waals surface area contributed by atoms with Gasteiger partial charge in [0.1, 0.15) is 6.33 Å². The van der Waals surface area contributed by atoms with Gasteiger partial charge in [-0.3, -0.25) is 0 Å². The van der Waals surface area contributed by atoms with Crippen LogP contribution in [0.25, 0.3) is 0 Å². The summed E-state index contributed by atoms with van der Waals surface area (Å²) in [7, 11) is 0. The number of anilines is 3. The van der Waals surface area contributed by atoms with Gasteiger partial charge in [-0.15, -0.1) is 12.4 Å². The summed E-state index contributed by atoms with van der Waals surface area (Å²) < 4.78 is 0. The van der Waals surface area contributed by atoms with Crippen LogP contribution in [0.15, 0.2) is 30.6 Å². The molecule has 0 radical (unpaired) electrons. The van der Waals surface area contributed by atoms with E-state index in [9.17, 15) is 0 Å². The molecule has 1 heterocycles. The minimum Gasteiger partial charge on any atom is -0.368 e. The molecule has 0 saturated carbocycles. The van der Waals surface area contributed by atoms with Crippen molar-refractivity contribution in [2.75, 3.05) is 11.1 Å². The van der Waals surface area contributed by atoms with E-state index in [0.717, 1.165) is 5.69 Å². The van der Waals surface area contributed by atoms with Gasteiger partial charge in [0.05, 0.1) is 0 Å². The van der Waals surface area contributed by atoms with E-state index >= 15 is 0 Å². The molecule has 0 fully saturated rings. The van der Waals surface area contributed by atoms with Gasteiger partial charge in [-0.25, -0.2) is 9.97 Å². The van der Waals surface area contributed by atoms with Crippen molar-refractivity contribution in [3.63, 3.8) is 0 Å². The largest absolute Gasteiger partial charge is 0.368 e. The average Bonchev–Trinajstić information content (AvgIpc) is 2.22. The third kappa shape index (κ3) is 3.22. The predicted octanol–water partition coefficient (Wildman–Crippen LogP) is 2.27. The molecule has 84 valence electrons. The predicted molar refractivity (Wildman–Crippen MR) is 66.2 cm³/mol. The van der Waals surface area contributed by atoms with Gasteiger partial charge in [0.2, 0.25) is 11.9 Å². The van der Waals surface area contributed by atoms with Crippen molar-refractivity contribution in [1.82, 2.24) is 15.0 Å². The molecular weight excluding hydrogens is 249 g/mol. The molecule has 0 bridgehead atoms. The zero-order valence-corrected chi connectivity index (χ0v) is 9.66. The summed E-state index contributed by atoms with van der Waals surface area (Å²) >= 11 is 5.75. The lowest BCUT2D eigenvalue weighted by Crippen LogP contribution is -2.01. The quantitative estimate of drug-likeness (QED) is 0.864. The molecule has 1 aromatic carbocycles. The van der Waals surface area contributed by atoms with Crippen LogP contribution in [-0.4, -0.2) is 15.0 Å². The maximum absolute atomic E-state index is 5.75. The molecule has 2 aromatic rings. The van der Waals surface area contributed by atoms with Crippen molar-refractivity contribution in [3.05, 3.63) is 35.6 Å². The minimum atomic E-state index is 0. The molecule has 0 aliphatic rings. The molecule has 0 spiro atoms. The fourth-order valence-electron chi connectivity index (χ4n) is 1.03. The first kappa shape index (κ1) is 12.5.